The molecule has 5 nitrogen and oxygen atoms in total. The Bertz CT molecular complexity index is 531. The summed E-state index contributed by atoms with van der Waals surface area (Å²) in [6.45, 7) is 8.75. The Balaban J connectivity index is 2.69. The molecule has 134 valence electrons. The molecule has 0 saturated carbocycles. The molecule has 0 atom stereocenters. The summed E-state index contributed by atoms with van der Waals surface area (Å²) in [7, 11) is 1.63. The van der Waals surface area contributed by atoms with Gasteiger partial charge in [-0.25, -0.2) is 0 Å². The molecule has 1 rings (SSSR count). The number of ether oxygens (including phenoxy) is 2. The van der Waals surface area contributed by atoms with Crippen LogP contribution >= 0.6 is 0 Å². The van der Waals surface area contributed by atoms with Crippen molar-refractivity contribution in [3.63, 3.8) is 0 Å². The molecule has 0 unspecified atom stereocenters. The zero-order chi connectivity index (χ0) is 18.2. The summed E-state index contributed by atoms with van der Waals surface area (Å²) in [5.41, 5.74) is 0.646. The lowest BCUT2D eigenvalue weighted by Crippen LogP contribution is -2.41. The third-order valence-corrected chi connectivity index (χ3v) is 3.65. The Morgan fingerprint density at radius 3 is 2.21 bits per heavy atom. The summed E-state index contributed by atoms with van der Waals surface area (Å²) in [6.07, 6.45) is 0.951. The van der Waals surface area contributed by atoms with Crippen molar-refractivity contribution in [2.24, 2.45) is 5.41 Å². The monoisotopic (exact) mass is 335 g/mol. The molecule has 0 bridgehead atoms. The summed E-state index contributed by atoms with van der Waals surface area (Å²) in [4.78, 5) is 26.0. The highest BCUT2D eigenvalue weighted by molar-refractivity contribution is 5.82. The number of rotatable bonds is 8. The van der Waals surface area contributed by atoms with Crippen molar-refractivity contribution in [3.05, 3.63) is 29.8 Å². The quantitative estimate of drug-likeness (QED) is 0.685. The first kappa shape index (κ1) is 20.0. The smallest absolute Gasteiger partial charge is 0.307 e. The number of benzene rings is 1. The number of hydrogen-bond donors (Lipinski definition) is 0. The molecule has 5 heteroatoms. The molecule has 0 N–H and O–H groups in total. The van der Waals surface area contributed by atoms with Crippen molar-refractivity contribution < 1.29 is 19.1 Å². The van der Waals surface area contributed by atoms with Crippen LogP contribution in [0.3, 0.4) is 0 Å². The average Bonchev–Trinajstić information content (AvgIpc) is 2.54. The van der Waals surface area contributed by atoms with Gasteiger partial charge in [0.1, 0.15) is 5.75 Å². The minimum atomic E-state index is -0.478. The number of amides is 1. The van der Waals surface area contributed by atoms with Gasteiger partial charge in [0.15, 0.2) is 0 Å². The minimum Gasteiger partial charge on any atom is -0.497 e. The van der Waals surface area contributed by atoms with Crippen LogP contribution in [0.1, 0.15) is 39.7 Å². The average molecular weight is 335 g/mol. The third kappa shape index (κ3) is 6.60. The lowest BCUT2D eigenvalue weighted by atomic mass is 9.94. The molecule has 0 fully saturated rings. The first-order valence-corrected chi connectivity index (χ1v) is 8.36. The molecule has 0 aliphatic carbocycles. The summed E-state index contributed by atoms with van der Waals surface area (Å²) in [5, 5.41) is 0. The maximum absolute atomic E-state index is 12.6. The van der Waals surface area contributed by atoms with E-state index in [1.165, 1.54) is 0 Å². The van der Waals surface area contributed by atoms with Crippen molar-refractivity contribution in [2.75, 3.05) is 26.8 Å². The molecule has 0 aliphatic rings. The molecule has 0 saturated heterocycles. The van der Waals surface area contributed by atoms with Crippen molar-refractivity contribution in [3.8, 4) is 5.75 Å². The number of carbonyl (C=O) groups is 2. The van der Waals surface area contributed by atoms with E-state index in [2.05, 4.69) is 0 Å². The minimum absolute atomic E-state index is 0.0420. The lowest BCUT2D eigenvalue weighted by Gasteiger charge is -2.29. The normalized spacial score (nSPS) is 11.0. The van der Waals surface area contributed by atoms with Gasteiger partial charge in [-0.1, -0.05) is 32.9 Å². The van der Waals surface area contributed by atoms with Crippen molar-refractivity contribution in [1.82, 2.24) is 4.90 Å². The molecule has 0 aliphatic heterocycles. The van der Waals surface area contributed by atoms with Crippen LogP contribution in [0.2, 0.25) is 0 Å². The first-order chi connectivity index (χ1) is 11.3. The van der Waals surface area contributed by atoms with Gasteiger partial charge in [-0.15, -0.1) is 0 Å². The molecule has 1 aromatic rings. The van der Waals surface area contributed by atoms with Gasteiger partial charge in [0, 0.05) is 18.5 Å². The van der Waals surface area contributed by atoms with Gasteiger partial charge >= 0.3 is 5.97 Å². The topological polar surface area (TPSA) is 55.8 Å². The van der Waals surface area contributed by atoms with Crippen LogP contribution in [0.4, 0.5) is 0 Å². The molecule has 0 spiro atoms. The molecule has 1 aromatic carbocycles. The summed E-state index contributed by atoms with van der Waals surface area (Å²) in [6, 6.07) is 7.79. The zero-order valence-electron chi connectivity index (χ0n) is 15.4. The lowest BCUT2D eigenvalue weighted by molar-refractivity contribution is -0.145. The molecule has 1 amide bonds. The summed E-state index contributed by atoms with van der Waals surface area (Å²) >= 11 is 0. The second-order valence-electron chi connectivity index (χ2n) is 6.70. The van der Waals surface area contributed by atoms with E-state index >= 15 is 0 Å². The number of nitrogens with zero attached hydrogens (tertiary/aromatic N) is 1. The van der Waals surface area contributed by atoms with Crippen LogP contribution in [0.25, 0.3) is 0 Å². The Morgan fingerprint density at radius 2 is 1.71 bits per heavy atom. The number of carbonyl (C=O) groups excluding carboxylic acids is 2. The van der Waals surface area contributed by atoms with Gasteiger partial charge in [0.2, 0.25) is 5.91 Å². The van der Waals surface area contributed by atoms with Crippen LogP contribution in [0.5, 0.6) is 5.75 Å². The standard InChI is InChI=1S/C19H29NO4/c1-6-24-17(21)12-14-20(18(22)19(2,3)4)13-11-15-7-9-16(23-5)10-8-15/h7-10H,6,11-14H2,1-5H3. The molecular formula is C19H29NO4. The fourth-order valence-corrected chi connectivity index (χ4v) is 2.30. The van der Waals surface area contributed by atoms with Gasteiger partial charge < -0.3 is 14.4 Å². The fraction of sp³-hybridized carbons (Fsp3) is 0.579. The Kier molecular flexibility index (Phi) is 7.75. The summed E-state index contributed by atoms with van der Waals surface area (Å²) in [5.74, 6) is 0.581. The molecule has 0 radical (unpaired) electrons. The predicted octanol–water partition coefficient (Wildman–Crippen LogP) is 3.07. The van der Waals surface area contributed by atoms with Gasteiger partial charge in [0.05, 0.1) is 20.1 Å². The molecular weight excluding hydrogens is 306 g/mol. The third-order valence-electron chi connectivity index (χ3n) is 3.65. The van der Waals surface area contributed by atoms with Crippen LogP contribution in [0.15, 0.2) is 24.3 Å². The van der Waals surface area contributed by atoms with E-state index in [0.29, 0.717) is 19.7 Å². The highest BCUT2D eigenvalue weighted by Gasteiger charge is 2.27. The second-order valence-corrected chi connectivity index (χ2v) is 6.70. The number of esters is 1. The Morgan fingerprint density at radius 1 is 1.08 bits per heavy atom. The van der Waals surface area contributed by atoms with Crippen LogP contribution in [-0.2, 0) is 20.7 Å². The van der Waals surface area contributed by atoms with Gasteiger partial charge in [-0.05, 0) is 31.0 Å². The van der Waals surface area contributed by atoms with Crippen molar-refractivity contribution in [2.45, 2.75) is 40.5 Å². The fourth-order valence-electron chi connectivity index (χ4n) is 2.30. The predicted molar refractivity (Wildman–Crippen MR) is 94.0 cm³/mol. The van der Waals surface area contributed by atoms with Gasteiger partial charge in [0.25, 0.3) is 0 Å². The number of hydrogen-bond acceptors (Lipinski definition) is 4. The van der Waals surface area contributed by atoms with E-state index in [0.717, 1.165) is 17.7 Å². The zero-order valence-corrected chi connectivity index (χ0v) is 15.4. The van der Waals surface area contributed by atoms with E-state index in [1.54, 1.807) is 18.9 Å². The second kappa shape index (κ2) is 9.30. The van der Waals surface area contributed by atoms with Crippen molar-refractivity contribution in [1.29, 1.82) is 0 Å². The highest BCUT2D eigenvalue weighted by atomic mass is 16.5. The SMILES string of the molecule is CCOC(=O)CCN(CCc1ccc(OC)cc1)C(=O)C(C)(C)C. The molecule has 0 aromatic heterocycles. The molecule has 24 heavy (non-hydrogen) atoms. The number of methoxy groups -OCH3 is 1. The Labute approximate surface area is 144 Å². The largest absolute Gasteiger partial charge is 0.497 e. The van der Waals surface area contributed by atoms with Crippen molar-refractivity contribution >= 4 is 11.9 Å². The first-order valence-electron chi connectivity index (χ1n) is 8.36. The highest BCUT2D eigenvalue weighted by Crippen LogP contribution is 2.19. The van der Waals surface area contributed by atoms with Gasteiger partial charge in [-0.2, -0.15) is 0 Å². The maximum atomic E-state index is 12.6. The molecule has 0 heterocycles. The van der Waals surface area contributed by atoms with E-state index in [-0.39, 0.29) is 18.3 Å². The maximum Gasteiger partial charge on any atom is 0.307 e. The Hall–Kier alpha value is -2.04. The van der Waals surface area contributed by atoms with Crippen LogP contribution < -0.4 is 4.74 Å². The summed E-state index contributed by atoms with van der Waals surface area (Å²) < 4.78 is 10.1. The van der Waals surface area contributed by atoms with E-state index in [9.17, 15) is 9.59 Å². The van der Waals surface area contributed by atoms with E-state index < -0.39 is 5.41 Å². The van der Waals surface area contributed by atoms with Gasteiger partial charge in [-0.3, -0.25) is 9.59 Å². The van der Waals surface area contributed by atoms with E-state index in [1.807, 2.05) is 45.0 Å². The van der Waals surface area contributed by atoms with Crippen LogP contribution in [0, 0.1) is 5.41 Å². The van der Waals surface area contributed by atoms with E-state index in [4.69, 9.17) is 9.47 Å². The van der Waals surface area contributed by atoms with Crippen LogP contribution in [-0.4, -0.2) is 43.6 Å².